The SMILES string of the molecule is CCOc1ccc(N2CCN(c3ccccc3)CC2)cc1. The van der Waals surface area contributed by atoms with Crippen LogP contribution in [0.25, 0.3) is 0 Å². The molecule has 3 rings (SSSR count). The van der Waals surface area contributed by atoms with Crippen LogP contribution >= 0.6 is 0 Å². The molecule has 1 aliphatic rings. The van der Waals surface area contributed by atoms with E-state index < -0.39 is 0 Å². The fourth-order valence-electron chi connectivity index (χ4n) is 2.78. The Morgan fingerprint density at radius 2 is 1.29 bits per heavy atom. The largest absolute Gasteiger partial charge is 0.494 e. The molecular formula is C18H22N2O. The fraction of sp³-hybridized carbons (Fsp3) is 0.333. The van der Waals surface area contributed by atoms with E-state index in [4.69, 9.17) is 4.74 Å². The van der Waals surface area contributed by atoms with Gasteiger partial charge >= 0.3 is 0 Å². The van der Waals surface area contributed by atoms with E-state index in [1.54, 1.807) is 0 Å². The summed E-state index contributed by atoms with van der Waals surface area (Å²) in [5, 5.41) is 0. The zero-order chi connectivity index (χ0) is 14.5. The average Bonchev–Trinajstić information content (AvgIpc) is 2.57. The highest BCUT2D eigenvalue weighted by atomic mass is 16.5. The molecule has 0 radical (unpaired) electrons. The Bertz CT molecular complexity index is 545. The number of rotatable bonds is 4. The maximum atomic E-state index is 5.50. The maximum Gasteiger partial charge on any atom is 0.119 e. The maximum absolute atomic E-state index is 5.50. The van der Waals surface area contributed by atoms with E-state index in [2.05, 4.69) is 64.4 Å². The van der Waals surface area contributed by atoms with E-state index in [-0.39, 0.29) is 0 Å². The van der Waals surface area contributed by atoms with Crippen molar-refractivity contribution < 1.29 is 4.74 Å². The Morgan fingerprint density at radius 1 is 0.762 bits per heavy atom. The van der Waals surface area contributed by atoms with E-state index in [1.165, 1.54) is 11.4 Å². The summed E-state index contributed by atoms with van der Waals surface area (Å²) >= 11 is 0. The van der Waals surface area contributed by atoms with Gasteiger partial charge in [0.25, 0.3) is 0 Å². The normalized spacial score (nSPS) is 15.1. The summed E-state index contributed by atoms with van der Waals surface area (Å²) in [4.78, 5) is 4.89. The molecule has 3 heteroatoms. The lowest BCUT2D eigenvalue weighted by molar-refractivity contribution is 0.340. The summed E-state index contributed by atoms with van der Waals surface area (Å²) in [5.41, 5.74) is 2.61. The topological polar surface area (TPSA) is 15.7 Å². The minimum absolute atomic E-state index is 0.717. The van der Waals surface area contributed by atoms with Gasteiger partial charge in [0, 0.05) is 37.6 Å². The van der Waals surface area contributed by atoms with Crippen molar-refractivity contribution in [3.05, 3.63) is 54.6 Å². The van der Waals surface area contributed by atoms with Crippen LogP contribution in [0.2, 0.25) is 0 Å². The Morgan fingerprint density at radius 3 is 1.81 bits per heavy atom. The molecule has 1 aliphatic heterocycles. The van der Waals surface area contributed by atoms with Gasteiger partial charge in [-0.2, -0.15) is 0 Å². The van der Waals surface area contributed by atoms with Crippen molar-refractivity contribution >= 4 is 11.4 Å². The summed E-state index contributed by atoms with van der Waals surface area (Å²) in [5.74, 6) is 0.948. The Hall–Kier alpha value is -2.16. The van der Waals surface area contributed by atoms with Crippen LogP contribution in [0.5, 0.6) is 5.75 Å². The molecule has 0 saturated carbocycles. The predicted octanol–water partition coefficient (Wildman–Crippen LogP) is 3.41. The lowest BCUT2D eigenvalue weighted by atomic mass is 10.2. The lowest BCUT2D eigenvalue weighted by Gasteiger charge is -2.37. The van der Waals surface area contributed by atoms with Crippen molar-refractivity contribution in [2.24, 2.45) is 0 Å². The number of piperazine rings is 1. The first-order chi connectivity index (χ1) is 10.4. The molecule has 2 aromatic carbocycles. The first kappa shape index (κ1) is 13.8. The molecule has 0 aromatic heterocycles. The molecule has 2 aromatic rings. The zero-order valence-electron chi connectivity index (χ0n) is 12.5. The molecule has 0 N–H and O–H groups in total. The predicted molar refractivity (Wildman–Crippen MR) is 88.5 cm³/mol. The van der Waals surface area contributed by atoms with Gasteiger partial charge < -0.3 is 14.5 Å². The molecule has 0 bridgehead atoms. The van der Waals surface area contributed by atoms with Gasteiger partial charge in [0.15, 0.2) is 0 Å². The summed E-state index contributed by atoms with van der Waals surface area (Å²) < 4.78 is 5.50. The smallest absolute Gasteiger partial charge is 0.119 e. The van der Waals surface area contributed by atoms with Gasteiger partial charge in [-0.25, -0.2) is 0 Å². The first-order valence-electron chi connectivity index (χ1n) is 7.64. The minimum atomic E-state index is 0.717. The minimum Gasteiger partial charge on any atom is -0.494 e. The molecule has 0 aliphatic carbocycles. The van der Waals surface area contributed by atoms with Crippen LogP contribution in [0.1, 0.15) is 6.92 Å². The Kier molecular flexibility index (Phi) is 4.29. The van der Waals surface area contributed by atoms with Crippen LogP contribution in [0.3, 0.4) is 0 Å². The highest BCUT2D eigenvalue weighted by molar-refractivity contribution is 5.52. The number of hydrogen-bond acceptors (Lipinski definition) is 3. The number of ether oxygens (including phenoxy) is 1. The van der Waals surface area contributed by atoms with Crippen LogP contribution in [-0.4, -0.2) is 32.8 Å². The molecule has 0 spiro atoms. The molecule has 0 unspecified atom stereocenters. The van der Waals surface area contributed by atoms with Crippen LogP contribution < -0.4 is 14.5 Å². The van der Waals surface area contributed by atoms with Crippen LogP contribution in [0, 0.1) is 0 Å². The third kappa shape index (κ3) is 3.30. The van der Waals surface area contributed by atoms with Gasteiger partial charge in [0.05, 0.1) is 6.61 Å². The van der Waals surface area contributed by atoms with Gasteiger partial charge in [0.1, 0.15) is 5.75 Å². The Balaban J connectivity index is 1.60. The standard InChI is InChI=1S/C18H22N2O/c1-2-21-18-10-8-17(9-11-18)20-14-12-19(13-15-20)16-6-4-3-5-7-16/h3-11H,2,12-15H2,1H3. The molecule has 1 saturated heterocycles. The third-order valence-electron chi connectivity index (χ3n) is 3.91. The second kappa shape index (κ2) is 6.53. The van der Waals surface area contributed by atoms with E-state index in [0.29, 0.717) is 0 Å². The van der Waals surface area contributed by atoms with Crippen LogP contribution in [0.4, 0.5) is 11.4 Å². The van der Waals surface area contributed by atoms with Crippen molar-refractivity contribution in [3.8, 4) is 5.75 Å². The van der Waals surface area contributed by atoms with Crippen molar-refractivity contribution in [1.82, 2.24) is 0 Å². The van der Waals surface area contributed by atoms with Crippen molar-refractivity contribution in [2.45, 2.75) is 6.92 Å². The van der Waals surface area contributed by atoms with Crippen molar-refractivity contribution in [3.63, 3.8) is 0 Å². The number of benzene rings is 2. The van der Waals surface area contributed by atoms with Gasteiger partial charge in [-0.1, -0.05) is 18.2 Å². The van der Waals surface area contributed by atoms with Crippen LogP contribution in [-0.2, 0) is 0 Å². The second-order valence-corrected chi connectivity index (χ2v) is 5.24. The van der Waals surface area contributed by atoms with E-state index in [1.807, 2.05) is 6.92 Å². The van der Waals surface area contributed by atoms with Gasteiger partial charge in [-0.3, -0.25) is 0 Å². The summed E-state index contributed by atoms with van der Waals surface area (Å²) in [7, 11) is 0. The molecule has 3 nitrogen and oxygen atoms in total. The highest BCUT2D eigenvalue weighted by Crippen LogP contribution is 2.22. The summed E-state index contributed by atoms with van der Waals surface area (Å²) in [6, 6.07) is 19.1. The molecule has 0 amide bonds. The zero-order valence-corrected chi connectivity index (χ0v) is 12.5. The van der Waals surface area contributed by atoms with Gasteiger partial charge in [0.2, 0.25) is 0 Å². The number of nitrogens with zero attached hydrogens (tertiary/aromatic N) is 2. The number of para-hydroxylation sites is 1. The van der Waals surface area contributed by atoms with Crippen LogP contribution in [0.15, 0.2) is 54.6 Å². The van der Waals surface area contributed by atoms with E-state index in [9.17, 15) is 0 Å². The average molecular weight is 282 g/mol. The van der Waals surface area contributed by atoms with Gasteiger partial charge in [-0.15, -0.1) is 0 Å². The molecule has 0 atom stereocenters. The summed E-state index contributed by atoms with van der Waals surface area (Å²) in [6.45, 7) is 6.98. The van der Waals surface area contributed by atoms with E-state index in [0.717, 1.165) is 38.5 Å². The number of hydrogen-bond donors (Lipinski definition) is 0. The molecule has 110 valence electrons. The lowest BCUT2D eigenvalue weighted by Crippen LogP contribution is -2.46. The van der Waals surface area contributed by atoms with Gasteiger partial charge in [-0.05, 0) is 43.3 Å². The fourth-order valence-corrected chi connectivity index (χ4v) is 2.78. The molecule has 1 fully saturated rings. The van der Waals surface area contributed by atoms with Crippen molar-refractivity contribution in [2.75, 3.05) is 42.6 Å². The molecule has 21 heavy (non-hydrogen) atoms. The highest BCUT2D eigenvalue weighted by Gasteiger charge is 2.17. The number of anilines is 2. The third-order valence-corrected chi connectivity index (χ3v) is 3.91. The molecule has 1 heterocycles. The quantitative estimate of drug-likeness (QED) is 0.854. The monoisotopic (exact) mass is 282 g/mol. The Labute approximate surface area is 126 Å². The van der Waals surface area contributed by atoms with Crippen molar-refractivity contribution in [1.29, 1.82) is 0 Å². The molecular weight excluding hydrogens is 260 g/mol. The first-order valence-corrected chi connectivity index (χ1v) is 7.64. The summed E-state index contributed by atoms with van der Waals surface area (Å²) in [6.07, 6.45) is 0. The second-order valence-electron chi connectivity index (χ2n) is 5.24. The van der Waals surface area contributed by atoms with E-state index >= 15 is 0 Å².